The van der Waals surface area contributed by atoms with Crippen LogP contribution < -0.4 is 10.6 Å². The first-order valence-corrected chi connectivity index (χ1v) is 10.3. The molecule has 0 atom stereocenters. The number of fused-ring (bicyclic) bond motifs is 1. The molecule has 2 aromatic rings. The van der Waals surface area contributed by atoms with Crippen LogP contribution in [0.4, 0.5) is 0 Å². The number of aryl methyl sites for hydroxylation is 3. The third kappa shape index (κ3) is 7.06. The van der Waals surface area contributed by atoms with E-state index in [2.05, 4.69) is 42.4 Å². The van der Waals surface area contributed by atoms with Gasteiger partial charge < -0.3 is 15.2 Å². The average Bonchev–Trinajstić information content (AvgIpc) is 3.27. The highest BCUT2D eigenvalue weighted by atomic mass is 127. The number of aliphatic imine (C=N–C) groups is 1. The number of nitrogens with one attached hydrogen (secondary N) is 2. The van der Waals surface area contributed by atoms with E-state index in [9.17, 15) is 0 Å². The molecule has 3 rings (SSSR count). The van der Waals surface area contributed by atoms with Crippen LogP contribution in [0.25, 0.3) is 0 Å². The summed E-state index contributed by atoms with van der Waals surface area (Å²) in [6.45, 7) is 6.59. The summed E-state index contributed by atoms with van der Waals surface area (Å²) in [6, 6.07) is 1.95. The van der Waals surface area contributed by atoms with Crippen LogP contribution in [0.3, 0.4) is 0 Å². The highest BCUT2D eigenvalue weighted by Crippen LogP contribution is 2.15. The second-order valence-electron chi connectivity index (χ2n) is 6.91. The predicted octanol–water partition coefficient (Wildman–Crippen LogP) is 2.40. The molecule has 0 unspecified atom stereocenters. The van der Waals surface area contributed by atoms with Gasteiger partial charge in [0.2, 0.25) is 0 Å². The fraction of sp³-hybridized carbons (Fsp3) is 0.684. The summed E-state index contributed by atoms with van der Waals surface area (Å²) in [6.07, 6.45) is 11.6. The molecule has 0 radical (unpaired) electrons. The van der Waals surface area contributed by atoms with Crippen molar-refractivity contribution < 1.29 is 0 Å². The van der Waals surface area contributed by atoms with E-state index in [1.54, 1.807) is 0 Å². The van der Waals surface area contributed by atoms with E-state index in [0.717, 1.165) is 70.2 Å². The number of hydrogen-bond donors (Lipinski definition) is 2. The van der Waals surface area contributed by atoms with Gasteiger partial charge in [0.1, 0.15) is 11.6 Å². The van der Waals surface area contributed by atoms with Crippen molar-refractivity contribution in [3.05, 3.63) is 30.1 Å². The van der Waals surface area contributed by atoms with Crippen LogP contribution >= 0.6 is 24.0 Å². The Bertz CT molecular complexity index is 695. The molecule has 0 spiro atoms. The second-order valence-corrected chi connectivity index (χ2v) is 6.91. The zero-order valence-electron chi connectivity index (χ0n) is 16.8. The minimum absolute atomic E-state index is 0. The van der Waals surface area contributed by atoms with Gasteiger partial charge in [0.05, 0.1) is 0 Å². The van der Waals surface area contributed by atoms with Crippen LogP contribution in [0.1, 0.15) is 50.7 Å². The monoisotopic (exact) mass is 500 g/mol. The molecule has 0 bridgehead atoms. The van der Waals surface area contributed by atoms with E-state index < -0.39 is 0 Å². The van der Waals surface area contributed by atoms with Crippen molar-refractivity contribution in [2.24, 2.45) is 4.99 Å². The van der Waals surface area contributed by atoms with Crippen LogP contribution in [0.5, 0.6) is 0 Å². The highest BCUT2D eigenvalue weighted by Gasteiger charge is 2.14. The van der Waals surface area contributed by atoms with Crippen molar-refractivity contribution in [1.82, 2.24) is 35.2 Å². The van der Waals surface area contributed by atoms with E-state index in [1.165, 1.54) is 25.1 Å². The molecule has 3 heterocycles. The summed E-state index contributed by atoms with van der Waals surface area (Å²) < 4.78 is 4.28. The number of aromatic nitrogens is 5. The second kappa shape index (κ2) is 12.7. The number of nitrogens with zero attached hydrogens (tertiary/aromatic N) is 6. The minimum atomic E-state index is 0. The number of halogens is 1. The van der Waals surface area contributed by atoms with Gasteiger partial charge in [-0.2, -0.15) is 5.10 Å². The molecule has 8 nitrogen and oxygen atoms in total. The summed E-state index contributed by atoms with van der Waals surface area (Å²) in [7, 11) is 0. The number of guanidine groups is 1. The maximum atomic E-state index is 4.65. The normalized spacial score (nSPS) is 14.1. The van der Waals surface area contributed by atoms with E-state index in [1.807, 2.05) is 23.1 Å². The van der Waals surface area contributed by atoms with Crippen molar-refractivity contribution >= 4 is 29.9 Å². The smallest absolute Gasteiger partial charge is 0.191 e. The maximum Gasteiger partial charge on any atom is 0.191 e. The first kappa shape index (κ1) is 22.6. The average molecular weight is 500 g/mol. The van der Waals surface area contributed by atoms with Crippen molar-refractivity contribution in [3.8, 4) is 0 Å². The van der Waals surface area contributed by atoms with Crippen molar-refractivity contribution in [2.75, 3.05) is 19.6 Å². The van der Waals surface area contributed by atoms with Crippen LogP contribution in [-0.2, 0) is 25.9 Å². The first-order valence-electron chi connectivity index (χ1n) is 10.3. The van der Waals surface area contributed by atoms with Gasteiger partial charge in [0.15, 0.2) is 5.96 Å². The molecular weight excluding hydrogens is 467 g/mol. The summed E-state index contributed by atoms with van der Waals surface area (Å²) in [4.78, 5) is 4.65. The fourth-order valence-corrected chi connectivity index (χ4v) is 3.38. The van der Waals surface area contributed by atoms with Crippen LogP contribution in [-0.4, -0.2) is 50.1 Å². The van der Waals surface area contributed by atoms with Gasteiger partial charge in [-0.25, -0.2) is 0 Å². The van der Waals surface area contributed by atoms with E-state index in [4.69, 9.17) is 0 Å². The Morgan fingerprint density at radius 3 is 2.93 bits per heavy atom. The molecule has 1 aliphatic rings. The Morgan fingerprint density at radius 1 is 1.18 bits per heavy atom. The zero-order chi connectivity index (χ0) is 18.7. The molecule has 9 heteroatoms. The van der Waals surface area contributed by atoms with Crippen molar-refractivity contribution in [1.29, 1.82) is 0 Å². The van der Waals surface area contributed by atoms with Gasteiger partial charge in [-0.3, -0.25) is 9.67 Å². The Labute approximate surface area is 184 Å². The summed E-state index contributed by atoms with van der Waals surface area (Å²) in [5.41, 5.74) is 0. The topological polar surface area (TPSA) is 84.9 Å². The van der Waals surface area contributed by atoms with E-state index in [-0.39, 0.29) is 24.0 Å². The summed E-state index contributed by atoms with van der Waals surface area (Å²) in [5.74, 6) is 3.19. The van der Waals surface area contributed by atoms with Crippen molar-refractivity contribution in [2.45, 2.75) is 65.0 Å². The summed E-state index contributed by atoms with van der Waals surface area (Å²) >= 11 is 0. The molecule has 2 N–H and O–H groups in total. The number of rotatable bonds is 9. The molecular formula is C19H33IN8. The molecule has 0 amide bonds. The van der Waals surface area contributed by atoms with Gasteiger partial charge in [0.25, 0.3) is 0 Å². The van der Waals surface area contributed by atoms with Crippen LogP contribution in [0, 0.1) is 0 Å². The van der Waals surface area contributed by atoms with E-state index in [0.29, 0.717) is 0 Å². The van der Waals surface area contributed by atoms with Gasteiger partial charge in [-0.1, -0.05) is 6.42 Å². The zero-order valence-corrected chi connectivity index (χ0v) is 19.1. The van der Waals surface area contributed by atoms with Gasteiger partial charge in [0, 0.05) is 58.0 Å². The lowest BCUT2D eigenvalue weighted by molar-refractivity contribution is 0.582. The molecule has 0 fully saturated rings. The van der Waals surface area contributed by atoms with Crippen LogP contribution in [0.15, 0.2) is 23.5 Å². The minimum Gasteiger partial charge on any atom is -0.357 e. The SMILES string of the molecule is CCNC(=NCCCn1cccn1)NCCCc1nnc2n1CCCCC2.I. The predicted molar refractivity (Wildman–Crippen MR) is 122 cm³/mol. The quantitative estimate of drug-likeness (QED) is 0.239. The number of hydrogen-bond acceptors (Lipinski definition) is 4. The Kier molecular flexibility index (Phi) is 10.3. The van der Waals surface area contributed by atoms with Gasteiger partial charge >= 0.3 is 0 Å². The Hall–Kier alpha value is -1.65. The third-order valence-corrected chi connectivity index (χ3v) is 4.77. The lowest BCUT2D eigenvalue weighted by Gasteiger charge is -2.11. The van der Waals surface area contributed by atoms with Gasteiger partial charge in [-0.05, 0) is 38.7 Å². The molecule has 156 valence electrons. The molecule has 1 aliphatic heterocycles. The maximum absolute atomic E-state index is 4.65. The molecule has 0 saturated carbocycles. The first-order chi connectivity index (χ1) is 13.4. The molecule has 2 aromatic heterocycles. The molecule has 0 aromatic carbocycles. The van der Waals surface area contributed by atoms with Crippen molar-refractivity contribution in [3.63, 3.8) is 0 Å². The van der Waals surface area contributed by atoms with E-state index >= 15 is 0 Å². The Balaban J connectivity index is 0.00000280. The van der Waals surface area contributed by atoms with Crippen LogP contribution in [0.2, 0.25) is 0 Å². The lowest BCUT2D eigenvalue weighted by atomic mass is 10.2. The standard InChI is InChI=1S/C19H32N8.HI/c1-2-20-19(22-12-7-14-26-15-8-13-23-26)21-11-6-10-18-25-24-17-9-4-3-5-16-27(17)18;/h8,13,15H,2-7,9-12,14,16H2,1H3,(H2,20,21,22);1H. The summed E-state index contributed by atoms with van der Waals surface area (Å²) in [5, 5.41) is 19.7. The lowest BCUT2D eigenvalue weighted by Crippen LogP contribution is -2.38. The molecule has 28 heavy (non-hydrogen) atoms. The van der Waals surface area contributed by atoms with Gasteiger partial charge in [-0.15, -0.1) is 34.2 Å². The Morgan fingerprint density at radius 2 is 2.11 bits per heavy atom. The molecule has 0 saturated heterocycles. The molecule has 0 aliphatic carbocycles. The largest absolute Gasteiger partial charge is 0.357 e. The third-order valence-electron chi connectivity index (χ3n) is 4.77. The highest BCUT2D eigenvalue weighted by molar-refractivity contribution is 14.0. The fourth-order valence-electron chi connectivity index (χ4n) is 3.38.